The second-order valence-electron chi connectivity index (χ2n) is 2.00. The van der Waals surface area contributed by atoms with Crippen LogP contribution < -0.4 is 5.32 Å². The van der Waals surface area contributed by atoms with Gasteiger partial charge in [0.15, 0.2) is 5.79 Å². The van der Waals surface area contributed by atoms with Gasteiger partial charge in [0.1, 0.15) is 0 Å². The van der Waals surface area contributed by atoms with Gasteiger partial charge in [-0.1, -0.05) is 6.92 Å². The summed E-state index contributed by atoms with van der Waals surface area (Å²) >= 11 is 0. The van der Waals surface area contributed by atoms with Crippen molar-refractivity contribution in [2.75, 3.05) is 13.1 Å². The lowest BCUT2D eigenvalue weighted by Gasteiger charge is -2.14. The van der Waals surface area contributed by atoms with Crippen molar-refractivity contribution in [2.24, 2.45) is 0 Å². The Balaban J connectivity index is 3.11. The highest BCUT2D eigenvalue weighted by Crippen LogP contribution is 1.91. The molecular formula is C5H13NO2. The molecule has 3 heteroatoms. The van der Waals surface area contributed by atoms with E-state index < -0.39 is 5.79 Å². The zero-order chi connectivity index (χ0) is 6.62. The van der Waals surface area contributed by atoms with Crippen LogP contribution in [0, 0.1) is 0 Å². The van der Waals surface area contributed by atoms with E-state index in [1.165, 1.54) is 6.92 Å². The normalized spacial score (nSPS) is 12.0. The van der Waals surface area contributed by atoms with Crippen LogP contribution in [0.25, 0.3) is 0 Å². The van der Waals surface area contributed by atoms with Crippen LogP contribution in [0.5, 0.6) is 0 Å². The lowest BCUT2D eigenvalue weighted by molar-refractivity contribution is -0.140. The van der Waals surface area contributed by atoms with E-state index in [-0.39, 0.29) is 6.54 Å². The van der Waals surface area contributed by atoms with Crippen molar-refractivity contribution in [2.45, 2.75) is 19.6 Å². The zero-order valence-corrected chi connectivity index (χ0v) is 5.31. The van der Waals surface area contributed by atoms with Crippen molar-refractivity contribution in [3.63, 3.8) is 0 Å². The van der Waals surface area contributed by atoms with Crippen LogP contribution in [0.3, 0.4) is 0 Å². The average molecular weight is 119 g/mol. The Labute approximate surface area is 49.3 Å². The molecule has 0 aliphatic heterocycles. The smallest absolute Gasteiger partial charge is 0.172 e. The van der Waals surface area contributed by atoms with Crippen LogP contribution in [0.15, 0.2) is 0 Å². The van der Waals surface area contributed by atoms with E-state index in [4.69, 9.17) is 10.2 Å². The Hall–Kier alpha value is -0.120. The fraction of sp³-hybridized carbons (Fsp3) is 1.00. The largest absolute Gasteiger partial charge is 0.365 e. The van der Waals surface area contributed by atoms with Gasteiger partial charge in [-0.05, 0) is 13.5 Å². The quantitative estimate of drug-likeness (QED) is 0.430. The Morgan fingerprint density at radius 2 is 2.00 bits per heavy atom. The molecule has 0 radical (unpaired) electrons. The maximum absolute atomic E-state index is 8.64. The number of nitrogens with one attached hydrogen (secondary N) is 1. The molecule has 0 aliphatic rings. The van der Waals surface area contributed by atoms with E-state index in [0.717, 1.165) is 6.54 Å². The minimum atomic E-state index is -1.56. The SMILES string of the molecule is CCNCC(C)(O)O. The molecule has 50 valence electrons. The van der Waals surface area contributed by atoms with Crippen molar-refractivity contribution >= 4 is 0 Å². The first-order valence-electron chi connectivity index (χ1n) is 2.71. The maximum atomic E-state index is 8.64. The Kier molecular flexibility index (Phi) is 2.97. The lowest BCUT2D eigenvalue weighted by atomic mass is 10.3. The molecule has 0 aliphatic carbocycles. The van der Waals surface area contributed by atoms with Crippen molar-refractivity contribution in [3.05, 3.63) is 0 Å². The molecule has 0 fully saturated rings. The predicted octanol–water partition coefficient (Wildman–Crippen LogP) is -0.703. The number of likely N-dealkylation sites (N-methyl/N-ethyl adjacent to an activating group) is 1. The van der Waals surface area contributed by atoms with Gasteiger partial charge in [0.05, 0.1) is 0 Å². The molecule has 0 spiro atoms. The van der Waals surface area contributed by atoms with E-state index in [1.54, 1.807) is 0 Å². The third-order valence-electron chi connectivity index (χ3n) is 0.710. The maximum Gasteiger partial charge on any atom is 0.172 e. The fourth-order valence-corrected chi connectivity index (χ4v) is 0.362. The van der Waals surface area contributed by atoms with E-state index in [1.807, 2.05) is 6.92 Å². The highest BCUT2D eigenvalue weighted by Gasteiger charge is 2.11. The molecule has 0 heterocycles. The number of hydrogen-bond donors (Lipinski definition) is 3. The van der Waals surface area contributed by atoms with Gasteiger partial charge in [0, 0.05) is 6.54 Å². The molecule has 0 bridgehead atoms. The predicted molar refractivity (Wildman–Crippen MR) is 31.4 cm³/mol. The monoisotopic (exact) mass is 119 g/mol. The van der Waals surface area contributed by atoms with Gasteiger partial charge in [-0.3, -0.25) is 0 Å². The number of hydrogen-bond acceptors (Lipinski definition) is 3. The second kappa shape index (κ2) is 3.02. The summed E-state index contributed by atoms with van der Waals surface area (Å²) in [6.07, 6.45) is 0. The number of aliphatic hydroxyl groups is 2. The van der Waals surface area contributed by atoms with Crippen molar-refractivity contribution in [1.29, 1.82) is 0 Å². The molecule has 0 unspecified atom stereocenters. The van der Waals surface area contributed by atoms with Gasteiger partial charge in [-0.2, -0.15) is 0 Å². The lowest BCUT2D eigenvalue weighted by Crippen LogP contribution is -2.37. The van der Waals surface area contributed by atoms with Gasteiger partial charge >= 0.3 is 0 Å². The molecule has 0 aromatic carbocycles. The third kappa shape index (κ3) is 5.88. The Morgan fingerprint density at radius 1 is 1.50 bits per heavy atom. The van der Waals surface area contributed by atoms with Crippen LogP contribution in [-0.2, 0) is 0 Å². The summed E-state index contributed by atoms with van der Waals surface area (Å²) in [5.74, 6) is -1.56. The highest BCUT2D eigenvalue weighted by atomic mass is 16.5. The standard InChI is InChI=1S/C5H13NO2/c1-3-6-4-5(2,7)8/h6-8H,3-4H2,1-2H3. The molecule has 3 N–H and O–H groups in total. The van der Waals surface area contributed by atoms with Gasteiger partial charge in [0.2, 0.25) is 0 Å². The summed E-state index contributed by atoms with van der Waals surface area (Å²) < 4.78 is 0. The Bertz CT molecular complexity index is 57.9. The van der Waals surface area contributed by atoms with Crippen LogP contribution >= 0.6 is 0 Å². The first-order valence-corrected chi connectivity index (χ1v) is 2.71. The van der Waals surface area contributed by atoms with E-state index >= 15 is 0 Å². The summed E-state index contributed by atoms with van der Waals surface area (Å²) in [4.78, 5) is 0. The average Bonchev–Trinajstić information content (AvgIpc) is 1.59. The first kappa shape index (κ1) is 7.88. The third-order valence-corrected chi connectivity index (χ3v) is 0.710. The second-order valence-corrected chi connectivity index (χ2v) is 2.00. The van der Waals surface area contributed by atoms with Gasteiger partial charge < -0.3 is 15.5 Å². The summed E-state index contributed by atoms with van der Waals surface area (Å²) in [5.41, 5.74) is 0. The molecular weight excluding hydrogens is 106 g/mol. The summed E-state index contributed by atoms with van der Waals surface area (Å²) in [6, 6.07) is 0. The minimum Gasteiger partial charge on any atom is -0.365 e. The topological polar surface area (TPSA) is 52.5 Å². The van der Waals surface area contributed by atoms with Crippen molar-refractivity contribution < 1.29 is 10.2 Å². The fourth-order valence-electron chi connectivity index (χ4n) is 0.362. The molecule has 0 saturated heterocycles. The molecule has 8 heavy (non-hydrogen) atoms. The van der Waals surface area contributed by atoms with Crippen molar-refractivity contribution in [1.82, 2.24) is 5.32 Å². The van der Waals surface area contributed by atoms with E-state index in [2.05, 4.69) is 5.32 Å². The summed E-state index contributed by atoms with van der Waals surface area (Å²) in [5, 5.41) is 20.1. The van der Waals surface area contributed by atoms with Crippen molar-refractivity contribution in [3.8, 4) is 0 Å². The molecule has 0 rings (SSSR count). The molecule has 0 aromatic heterocycles. The zero-order valence-electron chi connectivity index (χ0n) is 5.31. The van der Waals surface area contributed by atoms with E-state index in [9.17, 15) is 0 Å². The summed E-state index contributed by atoms with van der Waals surface area (Å²) in [6.45, 7) is 4.24. The Morgan fingerprint density at radius 3 is 2.12 bits per heavy atom. The van der Waals surface area contributed by atoms with Gasteiger partial charge in [-0.15, -0.1) is 0 Å². The number of rotatable bonds is 3. The van der Waals surface area contributed by atoms with Crippen LogP contribution in [0.1, 0.15) is 13.8 Å². The first-order chi connectivity index (χ1) is 3.56. The van der Waals surface area contributed by atoms with Crippen LogP contribution in [-0.4, -0.2) is 29.1 Å². The summed E-state index contributed by atoms with van der Waals surface area (Å²) in [7, 11) is 0. The molecule has 0 saturated carbocycles. The molecule has 0 aromatic rings. The van der Waals surface area contributed by atoms with E-state index in [0.29, 0.717) is 0 Å². The molecule has 3 nitrogen and oxygen atoms in total. The minimum absolute atomic E-state index is 0.226. The van der Waals surface area contributed by atoms with Gasteiger partial charge in [-0.25, -0.2) is 0 Å². The molecule has 0 amide bonds. The van der Waals surface area contributed by atoms with Crippen LogP contribution in [0.4, 0.5) is 0 Å². The van der Waals surface area contributed by atoms with Crippen LogP contribution in [0.2, 0.25) is 0 Å². The molecule has 0 atom stereocenters. The highest BCUT2D eigenvalue weighted by molar-refractivity contribution is 4.58. The van der Waals surface area contributed by atoms with Gasteiger partial charge in [0.25, 0.3) is 0 Å².